The predicted molar refractivity (Wildman–Crippen MR) is 75.4 cm³/mol. The predicted octanol–water partition coefficient (Wildman–Crippen LogP) is 2.55. The first-order valence-corrected chi connectivity index (χ1v) is 6.83. The molecule has 0 aliphatic rings. The van der Waals surface area contributed by atoms with Gasteiger partial charge in [-0.15, -0.1) is 0 Å². The van der Waals surface area contributed by atoms with Crippen molar-refractivity contribution >= 4 is 0 Å². The van der Waals surface area contributed by atoms with Crippen molar-refractivity contribution in [2.75, 3.05) is 32.7 Å². The lowest BCUT2D eigenvalue weighted by Crippen LogP contribution is -2.32. The van der Waals surface area contributed by atoms with Crippen LogP contribution in [0.3, 0.4) is 0 Å². The third-order valence-electron chi connectivity index (χ3n) is 3.16. The molecule has 1 N–H and O–H groups in total. The third kappa shape index (κ3) is 6.44. The quantitative estimate of drug-likeness (QED) is 0.661. The highest BCUT2D eigenvalue weighted by Crippen LogP contribution is 2.01. The summed E-state index contributed by atoms with van der Waals surface area (Å²) in [5.41, 5.74) is 1.44. The van der Waals surface area contributed by atoms with Gasteiger partial charge in [0.1, 0.15) is 0 Å². The van der Waals surface area contributed by atoms with Crippen LogP contribution in [0, 0.1) is 0 Å². The number of nitrogens with one attached hydrogen (secondary N) is 1. The van der Waals surface area contributed by atoms with E-state index in [-0.39, 0.29) is 0 Å². The van der Waals surface area contributed by atoms with Crippen LogP contribution >= 0.6 is 0 Å². The fourth-order valence-electron chi connectivity index (χ4n) is 1.96. The topological polar surface area (TPSA) is 15.3 Å². The molecule has 0 aliphatic carbocycles. The molecule has 0 radical (unpaired) electrons. The molecule has 0 spiro atoms. The van der Waals surface area contributed by atoms with Crippen molar-refractivity contribution in [2.45, 2.75) is 26.7 Å². The van der Waals surface area contributed by atoms with E-state index in [0.717, 1.165) is 26.2 Å². The Hall–Kier alpha value is -0.860. The van der Waals surface area contributed by atoms with Gasteiger partial charge in [-0.3, -0.25) is 0 Å². The summed E-state index contributed by atoms with van der Waals surface area (Å²) >= 11 is 0. The minimum atomic E-state index is 1.11. The highest BCUT2D eigenvalue weighted by molar-refractivity contribution is 5.14. The van der Waals surface area contributed by atoms with E-state index >= 15 is 0 Å². The lowest BCUT2D eigenvalue weighted by molar-refractivity contribution is 0.302. The fraction of sp³-hybridized carbons (Fsp3) is 0.600. The van der Waals surface area contributed by atoms with Crippen LogP contribution in [-0.2, 0) is 6.42 Å². The summed E-state index contributed by atoms with van der Waals surface area (Å²) in [6.07, 6.45) is 2.40. The zero-order valence-electron chi connectivity index (χ0n) is 11.3. The van der Waals surface area contributed by atoms with E-state index in [2.05, 4.69) is 54.4 Å². The van der Waals surface area contributed by atoms with Gasteiger partial charge in [-0.05, 0) is 38.0 Å². The molecule has 17 heavy (non-hydrogen) atoms. The number of benzene rings is 1. The second-order valence-corrected chi connectivity index (χ2v) is 4.37. The smallest absolute Gasteiger partial charge is 0.0107 e. The van der Waals surface area contributed by atoms with E-state index < -0.39 is 0 Å². The summed E-state index contributed by atoms with van der Waals surface area (Å²) in [7, 11) is 0. The molecule has 1 rings (SSSR count). The number of aryl methyl sites for hydroxylation is 1. The molecule has 0 saturated heterocycles. The molecule has 1 aromatic carbocycles. The molecule has 0 unspecified atom stereocenters. The van der Waals surface area contributed by atoms with Gasteiger partial charge in [0, 0.05) is 13.1 Å². The first-order valence-electron chi connectivity index (χ1n) is 6.83. The standard InChI is InChI=1S/C15H26N2/c1-3-17(4-2)14-13-16-12-8-11-15-9-6-5-7-10-15/h5-7,9-10,16H,3-4,8,11-14H2,1-2H3. The van der Waals surface area contributed by atoms with Crippen LogP contribution in [0.4, 0.5) is 0 Å². The highest BCUT2D eigenvalue weighted by Gasteiger charge is 1.97. The summed E-state index contributed by atoms with van der Waals surface area (Å²) in [6.45, 7) is 10.1. The van der Waals surface area contributed by atoms with E-state index in [1.165, 1.54) is 24.9 Å². The van der Waals surface area contributed by atoms with Crippen molar-refractivity contribution in [3.63, 3.8) is 0 Å². The normalized spacial score (nSPS) is 11.0. The maximum absolute atomic E-state index is 3.51. The fourth-order valence-corrected chi connectivity index (χ4v) is 1.96. The molecule has 0 aromatic heterocycles. The zero-order chi connectivity index (χ0) is 12.3. The van der Waals surface area contributed by atoms with E-state index in [9.17, 15) is 0 Å². The molecular weight excluding hydrogens is 208 g/mol. The summed E-state index contributed by atoms with van der Waals surface area (Å²) < 4.78 is 0. The lowest BCUT2D eigenvalue weighted by atomic mass is 10.1. The molecule has 0 saturated carbocycles. The first kappa shape index (κ1) is 14.2. The molecule has 0 amide bonds. The van der Waals surface area contributed by atoms with Gasteiger partial charge in [-0.25, -0.2) is 0 Å². The number of hydrogen-bond acceptors (Lipinski definition) is 2. The molecule has 96 valence electrons. The molecular formula is C15H26N2. The molecule has 2 heteroatoms. The number of likely N-dealkylation sites (N-methyl/N-ethyl adjacent to an activating group) is 1. The summed E-state index contributed by atoms with van der Waals surface area (Å²) in [5.74, 6) is 0. The maximum atomic E-state index is 3.51. The lowest BCUT2D eigenvalue weighted by Gasteiger charge is -2.17. The number of nitrogens with zero attached hydrogens (tertiary/aromatic N) is 1. The van der Waals surface area contributed by atoms with Gasteiger partial charge >= 0.3 is 0 Å². The Morgan fingerprint density at radius 3 is 2.35 bits per heavy atom. The second kappa shape index (κ2) is 9.20. The Balaban J connectivity index is 1.98. The summed E-state index contributed by atoms with van der Waals surface area (Å²) in [5, 5.41) is 3.51. The van der Waals surface area contributed by atoms with E-state index in [0.29, 0.717) is 0 Å². The van der Waals surface area contributed by atoms with Crippen molar-refractivity contribution in [1.29, 1.82) is 0 Å². The second-order valence-electron chi connectivity index (χ2n) is 4.37. The van der Waals surface area contributed by atoms with Crippen LogP contribution in [0.5, 0.6) is 0 Å². The van der Waals surface area contributed by atoms with Crippen molar-refractivity contribution in [3.8, 4) is 0 Å². The average molecular weight is 234 g/mol. The van der Waals surface area contributed by atoms with E-state index in [1.54, 1.807) is 0 Å². The molecule has 0 atom stereocenters. The Morgan fingerprint density at radius 1 is 1.00 bits per heavy atom. The van der Waals surface area contributed by atoms with Crippen LogP contribution < -0.4 is 5.32 Å². The summed E-state index contributed by atoms with van der Waals surface area (Å²) in [6, 6.07) is 10.7. The molecule has 2 nitrogen and oxygen atoms in total. The van der Waals surface area contributed by atoms with E-state index in [4.69, 9.17) is 0 Å². The van der Waals surface area contributed by atoms with Crippen molar-refractivity contribution < 1.29 is 0 Å². The first-order chi connectivity index (χ1) is 8.36. The molecule has 1 aromatic rings. The van der Waals surface area contributed by atoms with Gasteiger partial charge in [0.05, 0.1) is 0 Å². The van der Waals surface area contributed by atoms with Gasteiger partial charge < -0.3 is 10.2 Å². The SMILES string of the molecule is CCN(CC)CCNCCCc1ccccc1. The number of rotatable bonds is 9. The van der Waals surface area contributed by atoms with Crippen molar-refractivity contribution in [1.82, 2.24) is 10.2 Å². The number of hydrogen-bond donors (Lipinski definition) is 1. The third-order valence-corrected chi connectivity index (χ3v) is 3.16. The van der Waals surface area contributed by atoms with Gasteiger partial charge in [-0.2, -0.15) is 0 Å². The molecule has 0 heterocycles. The minimum Gasteiger partial charge on any atom is -0.315 e. The highest BCUT2D eigenvalue weighted by atomic mass is 15.1. The van der Waals surface area contributed by atoms with Crippen molar-refractivity contribution in [3.05, 3.63) is 35.9 Å². The summed E-state index contributed by atoms with van der Waals surface area (Å²) in [4.78, 5) is 2.45. The van der Waals surface area contributed by atoms with E-state index in [1.807, 2.05) is 0 Å². The zero-order valence-corrected chi connectivity index (χ0v) is 11.3. The monoisotopic (exact) mass is 234 g/mol. The minimum absolute atomic E-state index is 1.11. The van der Waals surface area contributed by atoms with Crippen LogP contribution in [0.2, 0.25) is 0 Å². The molecule has 0 bridgehead atoms. The van der Waals surface area contributed by atoms with Crippen LogP contribution in [0.15, 0.2) is 30.3 Å². The van der Waals surface area contributed by atoms with Gasteiger partial charge in [-0.1, -0.05) is 44.2 Å². The molecule has 0 fully saturated rings. The maximum Gasteiger partial charge on any atom is 0.0107 e. The Morgan fingerprint density at radius 2 is 1.71 bits per heavy atom. The van der Waals surface area contributed by atoms with Crippen LogP contribution in [0.25, 0.3) is 0 Å². The Bertz CT molecular complexity index is 268. The Labute approximate surface area is 106 Å². The largest absolute Gasteiger partial charge is 0.315 e. The van der Waals surface area contributed by atoms with Crippen LogP contribution in [0.1, 0.15) is 25.8 Å². The molecule has 0 aliphatic heterocycles. The van der Waals surface area contributed by atoms with Gasteiger partial charge in [0.2, 0.25) is 0 Å². The van der Waals surface area contributed by atoms with Crippen molar-refractivity contribution in [2.24, 2.45) is 0 Å². The van der Waals surface area contributed by atoms with Crippen LogP contribution in [-0.4, -0.2) is 37.6 Å². The van der Waals surface area contributed by atoms with Gasteiger partial charge in [0.15, 0.2) is 0 Å². The average Bonchev–Trinajstić information content (AvgIpc) is 2.39. The van der Waals surface area contributed by atoms with Gasteiger partial charge in [0.25, 0.3) is 0 Å². The Kier molecular flexibility index (Phi) is 7.69.